The number of alkyl halides is 1. The predicted molar refractivity (Wildman–Crippen MR) is 30.0 cm³/mol. The summed E-state index contributed by atoms with van der Waals surface area (Å²) in [5.41, 5.74) is 0.528. The fourth-order valence-corrected chi connectivity index (χ4v) is 0.306. The first-order valence-corrected chi connectivity index (χ1v) is 2.24. The van der Waals surface area contributed by atoms with Crippen LogP contribution < -0.4 is 0 Å². The maximum atomic E-state index is 11.8. The fourth-order valence-electron chi connectivity index (χ4n) is 0.306. The van der Waals surface area contributed by atoms with Gasteiger partial charge in [-0.1, -0.05) is 12.2 Å². The van der Waals surface area contributed by atoms with Crippen LogP contribution in [0.1, 0.15) is 6.92 Å². The second-order valence-electron chi connectivity index (χ2n) is 1.57. The predicted octanol–water partition coefficient (Wildman–Crippen LogP) is 2.39. The van der Waals surface area contributed by atoms with Crippen LogP contribution in [0.4, 0.5) is 8.78 Å². The van der Waals surface area contributed by atoms with Gasteiger partial charge in [-0.25, -0.2) is 8.78 Å². The molecule has 0 aliphatic rings. The number of rotatable bonds is 2. The second kappa shape index (κ2) is 3.36. The van der Waals surface area contributed by atoms with Crippen LogP contribution in [0.3, 0.4) is 0 Å². The van der Waals surface area contributed by atoms with E-state index in [2.05, 4.69) is 6.58 Å². The summed E-state index contributed by atoms with van der Waals surface area (Å²) in [6.45, 7) is 3.93. The molecule has 0 fully saturated rings. The number of allylic oxidation sites excluding steroid dienone is 3. The van der Waals surface area contributed by atoms with E-state index >= 15 is 0 Å². The summed E-state index contributed by atoms with van der Waals surface area (Å²) in [4.78, 5) is 0. The van der Waals surface area contributed by atoms with Gasteiger partial charge in [-0.15, -0.1) is 0 Å². The van der Waals surface area contributed by atoms with Gasteiger partial charge in [0.25, 0.3) is 0 Å². The molecule has 0 aromatic carbocycles. The smallest absolute Gasteiger partial charge is 0.141 e. The minimum atomic E-state index is -1.03. The number of halogens is 2. The first-order chi connectivity index (χ1) is 3.66. The Morgan fingerprint density at radius 3 is 2.38 bits per heavy atom. The molecule has 8 heavy (non-hydrogen) atoms. The van der Waals surface area contributed by atoms with Gasteiger partial charge in [-0.3, -0.25) is 0 Å². The molecule has 0 amide bonds. The van der Waals surface area contributed by atoms with Gasteiger partial charge in [0.05, 0.1) is 0 Å². The lowest BCUT2D eigenvalue weighted by Gasteiger charge is -1.85. The van der Waals surface area contributed by atoms with E-state index in [1.807, 2.05) is 0 Å². The van der Waals surface area contributed by atoms with Gasteiger partial charge >= 0.3 is 0 Å². The van der Waals surface area contributed by atoms with Crippen LogP contribution in [0.25, 0.3) is 0 Å². The van der Waals surface area contributed by atoms with Crippen LogP contribution in [0, 0.1) is 0 Å². The van der Waals surface area contributed by atoms with Crippen molar-refractivity contribution >= 4 is 0 Å². The van der Waals surface area contributed by atoms with E-state index in [9.17, 15) is 8.78 Å². The van der Waals surface area contributed by atoms with Crippen molar-refractivity contribution < 1.29 is 8.78 Å². The monoisotopic (exact) mass is 118 g/mol. The highest BCUT2D eigenvalue weighted by Gasteiger charge is 1.88. The van der Waals surface area contributed by atoms with Gasteiger partial charge in [0.1, 0.15) is 12.5 Å². The Hall–Kier alpha value is -0.660. The highest BCUT2D eigenvalue weighted by Crippen LogP contribution is 2.00. The Kier molecular flexibility index (Phi) is 3.08. The Labute approximate surface area is 47.5 Å². The molecule has 0 aliphatic heterocycles. The molecule has 0 saturated carbocycles. The van der Waals surface area contributed by atoms with Crippen molar-refractivity contribution in [2.24, 2.45) is 0 Å². The summed E-state index contributed by atoms with van der Waals surface area (Å²) in [5, 5.41) is 0. The molecule has 0 rings (SSSR count). The van der Waals surface area contributed by atoms with Gasteiger partial charge in [0.15, 0.2) is 0 Å². The number of hydrogen-bond acceptors (Lipinski definition) is 0. The Morgan fingerprint density at radius 2 is 2.25 bits per heavy atom. The first-order valence-electron chi connectivity index (χ1n) is 2.24. The largest absolute Gasteiger partial charge is 0.243 e. The molecule has 0 N–H and O–H groups in total. The summed E-state index contributed by atoms with van der Waals surface area (Å²) < 4.78 is 23.1. The molecule has 0 spiro atoms. The molecule has 2 heteroatoms. The summed E-state index contributed by atoms with van der Waals surface area (Å²) in [6, 6.07) is 0. The highest BCUT2D eigenvalue weighted by molar-refractivity contribution is 5.14. The lowest BCUT2D eigenvalue weighted by atomic mass is 10.3. The third-order valence-corrected chi connectivity index (χ3v) is 0.531. The highest BCUT2D eigenvalue weighted by atomic mass is 19.2. The van der Waals surface area contributed by atoms with Crippen molar-refractivity contribution in [3.63, 3.8) is 0 Å². The molecule has 0 aromatic rings. The molecule has 0 radical (unpaired) electrons. The van der Waals surface area contributed by atoms with Crippen LogP contribution in [-0.4, -0.2) is 6.67 Å². The zero-order chi connectivity index (χ0) is 6.57. The molecule has 0 unspecified atom stereocenters. The van der Waals surface area contributed by atoms with Crippen molar-refractivity contribution in [2.75, 3.05) is 6.67 Å². The topological polar surface area (TPSA) is 0 Å². The van der Waals surface area contributed by atoms with Crippen molar-refractivity contribution in [3.05, 3.63) is 24.1 Å². The van der Waals surface area contributed by atoms with Crippen molar-refractivity contribution in [3.8, 4) is 0 Å². The van der Waals surface area contributed by atoms with E-state index in [4.69, 9.17) is 0 Å². The SMILES string of the molecule is C=C(C)/C=C(/F)CF. The van der Waals surface area contributed by atoms with E-state index in [1.54, 1.807) is 6.92 Å². The molecule has 0 saturated heterocycles. The molecule has 0 atom stereocenters. The molecule has 0 nitrogen and oxygen atoms in total. The van der Waals surface area contributed by atoms with E-state index in [1.165, 1.54) is 0 Å². The molecule has 0 bridgehead atoms. The Bertz CT molecular complexity index is 114. The lowest BCUT2D eigenvalue weighted by molar-refractivity contribution is 0.459. The maximum Gasteiger partial charge on any atom is 0.141 e. The first kappa shape index (κ1) is 7.34. The quantitative estimate of drug-likeness (QED) is 0.488. The normalized spacial score (nSPS) is 11.6. The summed E-state index contributed by atoms with van der Waals surface area (Å²) in [6.07, 6.45) is 1.07. The number of hydrogen-bond donors (Lipinski definition) is 0. The van der Waals surface area contributed by atoms with Crippen LogP contribution in [0.15, 0.2) is 24.1 Å². The average Bonchev–Trinajstić information content (AvgIpc) is 1.65. The van der Waals surface area contributed by atoms with Crippen molar-refractivity contribution in [2.45, 2.75) is 6.92 Å². The zero-order valence-electron chi connectivity index (χ0n) is 4.75. The van der Waals surface area contributed by atoms with E-state index in [0.29, 0.717) is 5.57 Å². The van der Waals surface area contributed by atoms with Crippen LogP contribution in [0.5, 0.6) is 0 Å². The fraction of sp³-hybridized carbons (Fsp3) is 0.333. The van der Waals surface area contributed by atoms with E-state index in [0.717, 1.165) is 6.08 Å². The lowest BCUT2D eigenvalue weighted by Crippen LogP contribution is -1.74. The third-order valence-electron chi connectivity index (χ3n) is 0.531. The van der Waals surface area contributed by atoms with Gasteiger partial charge < -0.3 is 0 Å². The minimum Gasteiger partial charge on any atom is -0.243 e. The van der Waals surface area contributed by atoms with Crippen LogP contribution in [-0.2, 0) is 0 Å². The molecule has 0 heterocycles. The Morgan fingerprint density at radius 1 is 1.75 bits per heavy atom. The third kappa shape index (κ3) is 3.53. The minimum absolute atomic E-state index is 0.528. The summed E-state index contributed by atoms with van der Waals surface area (Å²) >= 11 is 0. The molecule has 0 aliphatic carbocycles. The van der Waals surface area contributed by atoms with Gasteiger partial charge in [-0.05, 0) is 13.0 Å². The standard InChI is InChI=1S/C6H8F2/c1-5(2)3-6(8)4-7/h3H,1,4H2,2H3/b6-3+. The molecular weight excluding hydrogens is 110 g/mol. The molecular formula is C6H8F2. The van der Waals surface area contributed by atoms with Crippen LogP contribution in [0.2, 0.25) is 0 Å². The van der Waals surface area contributed by atoms with Crippen molar-refractivity contribution in [1.82, 2.24) is 0 Å². The van der Waals surface area contributed by atoms with E-state index < -0.39 is 12.5 Å². The average molecular weight is 118 g/mol. The maximum absolute atomic E-state index is 11.8. The zero-order valence-corrected chi connectivity index (χ0v) is 4.75. The Balaban J connectivity index is 3.75. The van der Waals surface area contributed by atoms with E-state index in [-0.39, 0.29) is 0 Å². The van der Waals surface area contributed by atoms with Crippen molar-refractivity contribution in [1.29, 1.82) is 0 Å². The summed E-state index contributed by atoms with van der Waals surface area (Å²) in [7, 11) is 0. The van der Waals surface area contributed by atoms with Gasteiger partial charge in [-0.2, -0.15) is 0 Å². The summed E-state index contributed by atoms with van der Waals surface area (Å²) in [5.74, 6) is -0.766. The van der Waals surface area contributed by atoms with Crippen LogP contribution >= 0.6 is 0 Å². The van der Waals surface area contributed by atoms with Gasteiger partial charge in [0, 0.05) is 0 Å². The second-order valence-corrected chi connectivity index (χ2v) is 1.57. The molecule has 46 valence electrons. The van der Waals surface area contributed by atoms with Gasteiger partial charge in [0.2, 0.25) is 0 Å². The molecule has 0 aromatic heterocycles.